The molecule has 3 rings (SSSR count). The van der Waals surface area contributed by atoms with Crippen molar-refractivity contribution in [3.8, 4) is 0 Å². The first-order chi connectivity index (χ1) is 9.96. The van der Waals surface area contributed by atoms with Crippen LogP contribution in [0.1, 0.15) is 36.9 Å². The van der Waals surface area contributed by atoms with E-state index >= 15 is 0 Å². The Morgan fingerprint density at radius 3 is 2.52 bits per heavy atom. The molecule has 1 aliphatic rings. The van der Waals surface area contributed by atoms with Crippen LogP contribution in [0.4, 0.5) is 5.82 Å². The molecule has 0 spiro atoms. The van der Waals surface area contributed by atoms with Gasteiger partial charge in [0.05, 0.1) is 5.39 Å². The highest BCUT2D eigenvalue weighted by atomic mass is 15.2. The molecule has 21 heavy (non-hydrogen) atoms. The zero-order valence-corrected chi connectivity index (χ0v) is 13.5. The average Bonchev–Trinajstić information content (AvgIpc) is 3.01. The van der Waals surface area contributed by atoms with Crippen LogP contribution in [0.25, 0.3) is 11.0 Å². The molecule has 0 amide bonds. The topological polar surface area (TPSA) is 60.0 Å². The zero-order chi connectivity index (χ0) is 15.2. The van der Waals surface area contributed by atoms with Crippen molar-refractivity contribution < 1.29 is 0 Å². The van der Waals surface area contributed by atoms with Crippen LogP contribution in [-0.4, -0.2) is 39.1 Å². The van der Waals surface area contributed by atoms with Crippen molar-refractivity contribution in [3.05, 3.63) is 17.6 Å². The molecule has 1 aliphatic carbocycles. The molecule has 0 saturated heterocycles. The Hall–Kier alpha value is -1.62. The molecule has 2 heterocycles. The number of anilines is 1. The van der Waals surface area contributed by atoms with Crippen LogP contribution < -0.4 is 5.73 Å². The minimum Gasteiger partial charge on any atom is -0.383 e. The minimum absolute atomic E-state index is 0.239. The molecule has 114 valence electrons. The number of hydrogen-bond donors (Lipinski definition) is 1. The van der Waals surface area contributed by atoms with E-state index in [2.05, 4.69) is 47.4 Å². The van der Waals surface area contributed by atoms with E-state index in [4.69, 9.17) is 5.73 Å². The standard InChI is InChI=1S/C16H25N5/c1-11-12(2)21(15-13(11)14(17)18-10-19-15)9-16(20(3)4)7-5-6-8-16/h10H,5-9H2,1-4H3,(H2,17,18,19). The van der Waals surface area contributed by atoms with E-state index in [1.54, 1.807) is 6.33 Å². The van der Waals surface area contributed by atoms with Crippen LogP contribution >= 0.6 is 0 Å². The molecule has 0 bridgehead atoms. The van der Waals surface area contributed by atoms with E-state index in [0.717, 1.165) is 17.6 Å². The summed E-state index contributed by atoms with van der Waals surface area (Å²) in [6.45, 7) is 5.26. The molecule has 0 radical (unpaired) electrons. The number of rotatable bonds is 3. The predicted octanol–water partition coefficient (Wildman–Crippen LogP) is 2.50. The van der Waals surface area contributed by atoms with Gasteiger partial charge in [-0.15, -0.1) is 0 Å². The quantitative estimate of drug-likeness (QED) is 0.942. The Morgan fingerprint density at radius 2 is 1.90 bits per heavy atom. The molecule has 2 aromatic heterocycles. The Morgan fingerprint density at radius 1 is 1.24 bits per heavy atom. The second kappa shape index (κ2) is 4.98. The first-order valence-electron chi connectivity index (χ1n) is 7.69. The van der Waals surface area contributed by atoms with E-state index in [-0.39, 0.29) is 5.54 Å². The zero-order valence-electron chi connectivity index (χ0n) is 13.5. The van der Waals surface area contributed by atoms with Gasteiger partial charge in [0.2, 0.25) is 0 Å². The normalized spacial score (nSPS) is 18.0. The van der Waals surface area contributed by atoms with Crippen LogP contribution in [0.3, 0.4) is 0 Å². The van der Waals surface area contributed by atoms with Crippen molar-refractivity contribution in [2.45, 2.75) is 51.6 Å². The van der Waals surface area contributed by atoms with Gasteiger partial charge in [0, 0.05) is 17.8 Å². The smallest absolute Gasteiger partial charge is 0.146 e. The first kappa shape index (κ1) is 14.3. The number of hydrogen-bond acceptors (Lipinski definition) is 4. The van der Waals surface area contributed by atoms with Crippen molar-refractivity contribution in [1.82, 2.24) is 19.4 Å². The molecular weight excluding hydrogens is 262 g/mol. The summed E-state index contributed by atoms with van der Waals surface area (Å²) in [5, 5.41) is 1.02. The van der Waals surface area contributed by atoms with Gasteiger partial charge in [0.1, 0.15) is 17.8 Å². The molecule has 0 atom stereocenters. The SMILES string of the molecule is Cc1c(C)n(CC2(N(C)C)CCCC2)c2ncnc(N)c12. The number of nitrogens with zero attached hydrogens (tertiary/aromatic N) is 4. The summed E-state index contributed by atoms with van der Waals surface area (Å²) in [6, 6.07) is 0. The van der Waals surface area contributed by atoms with Crippen LogP contribution in [0.15, 0.2) is 6.33 Å². The Kier molecular flexibility index (Phi) is 3.40. The Bertz CT molecular complexity index is 665. The first-order valence-corrected chi connectivity index (χ1v) is 7.69. The summed E-state index contributed by atoms with van der Waals surface area (Å²) >= 11 is 0. The number of nitrogen functional groups attached to an aromatic ring is 1. The maximum absolute atomic E-state index is 6.07. The number of nitrogens with two attached hydrogens (primary N) is 1. The van der Waals surface area contributed by atoms with Crippen molar-refractivity contribution in [2.24, 2.45) is 0 Å². The van der Waals surface area contributed by atoms with Gasteiger partial charge >= 0.3 is 0 Å². The summed E-state index contributed by atoms with van der Waals surface area (Å²) in [5.41, 5.74) is 9.74. The van der Waals surface area contributed by atoms with E-state index in [1.165, 1.54) is 36.9 Å². The highest BCUT2D eigenvalue weighted by Gasteiger charge is 2.37. The van der Waals surface area contributed by atoms with Gasteiger partial charge in [-0.2, -0.15) is 0 Å². The summed E-state index contributed by atoms with van der Waals surface area (Å²) < 4.78 is 2.34. The fourth-order valence-electron chi connectivity index (χ4n) is 3.76. The van der Waals surface area contributed by atoms with Crippen LogP contribution in [0.5, 0.6) is 0 Å². The maximum atomic E-state index is 6.07. The molecule has 0 aromatic carbocycles. The van der Waals surface area contributed by atoms with Crippen molar-refractivity contribution in [1.29, 1.82) is 0 Å². The highest BCUT2D eigenvalue weighted by Crippen LogP contribution is 2.37. The third-order valence-electron chi connectivity index (χ3n) is 5.37. The van der Waals surface area contributed by atoms with Gasteiger partial charge in [-0.1, -0.05) is 12.8 Å². The summed E-state index contributed by atoms with van der Waals surface area (Å²) in [4.78, 5) is 11.1. The van der Waals surface area contributed by atoms with Gasteiger partial charge in [-0.3, -0.25) is 0 Å². The Labute approximate surface area is 126 Å². The van der Waals surface area contributed by atoms with Crippen LogP contribution in [-0.2, 0) is 6.54 Å². The van der Waals surface area contributed by atoms with E-state index in [9.17, 15) is 0 Å². The molecule has 1 fully saturated rings. The molecule has 5 nitrogen and oxygen atoms in total. The molecule has 0 aliphatic heterocycles. The number of fused-ring (bicyclic) bond motifs is 1. The summed E-state index contributed by atoms with van der Waals surface area (Å²) in [6.07, 6.45) is 6.69. The Balaban J connectivity index is 2.13. The molecule has 1 saturated carbocycles. The van der Waals surface area contributed by atoms with Gasteiger partial charge in [-0.05, 0) is 46.3 Å². The van der Waals surface area contributed by atoms with Crippen molar-refractivity contribution >= 4 is 16.9 Å². The number of likely N-dealkylation sites (N-methyl/N-ethyl adjacent to an activating group) is 1. The van der Waals surface area contributed by atoms with Crippen molar-refractivity contribution in [3.63, 3.8) is 0 Å². The van der Waals surface area contributed by atoms with Gasteiger partial charge in [-0.25, -0.2) is 9.97 Å². The lowest BCUT2D eigenvalue weighted by molar-refractivity contribution is 0.134. The minimum atomic E-state index is 0.239. The second-order valence-corrected chi connectivity index (χ2v) is 6.58. The number of aryl methyl sites for hydroxylation is 1. The van der Waals surface area contributed by atoms with Gasteiger partial charge in [0.25, 0.3) is 0 Å². The lowest BCUT2D eigenvalue weighted by atomic mass is 9.96. The summed E-state index contributed by atoms with van der Waals surface area (Å²) in [5.74, 6) is 0.588. The third kappa shape index (κ3) is 2.11. The number of aromatic nitrogens is 3. The second-order valence-electron chi connectivity index (χ2n) is 6.58. The largest absolute Gasteiger partial charge is 0.383 e. The maximum Gasteiger partial charge on any atom is 0.146 e. The van der Waals surface area contributed by atoms with Gasteiger partial charge in [0.15, 0.2) is 0 Å². The predicted molar refractivity (Wildman–Crippen MR) is 86.3 cm³/mol. The van der Waals surface area contributed by atoms with Crippen LogP contribution in [0, 0.1) is 13.8 Å². The van der Waals surface area contributed by atoms with E-state index < -0.39 is 0 Å². The fourth-order valence-corrected chi connectivity index (χ4v) is 3.76. The molecule has 2 N–H and O–H groups in total. The molecular formula is C16H25N5. The fraction of sp³-hybridized carbons (Fsp3) is 0.625. The molecule has 5 heteroatoms. The lowest BCUT2D eigenvalue weighted by Gasteiger charge is -2.37. The van der Waals surface area contributed by atoms with E-state index in [1.807, 2.05) is 0 Å². The van der Waals surface area contributed by atoms with Crippen molar-refractivity contribution in [2.75, 3.05) is 19.8 Å². The highest BCUT2D eigenvalue weighted by molar-refractivity contribution is 5.90. The van der Waals surface area contributed by atoms with Crippen LogP contribution in [0.2, 0.25) is 0 Å². The van der Waals surface area contributed by atoms with Gasteiger partial charge < -0.3 is 15.2 Å². The third-order valence-corrected chi connectivity index (χ3v) is 5.37. The monoisotopic (exact) mass is 287 g/mol. The molecule has 2 aromatic rings. The average molecular weight is 287 g/mol. The van der Waals surface area contributed by atoms with E-state index in [0.29, 0.717) is 5.82 Å². The lowest BCUT2D eigenvalue weighted by Crippen LogP contribution is -2.45. The molecule has 0 unspecified atom stereocenters. The summed E-state index contributed by atoms with van der Waals surface area (Å²) in [7, 11) is 4.39.